The largest absolute Gasteiger partial charge is 0.295 e. The first-order chi connectivity index (χ1) is 9.91. The lowest BCUT2D eigenvalue weighted by Gasteiger charge is -2.17. The highest BCUT2D eigenvalue weighted by Gasteiger charge is 2.20. The summed E-state index contributed by atoms with van der Waals surface area (Å²) in [5, 5.41) is 0. The first kappa shape index (κ1) is 15.3. The summed E-state index contributed by atoms with van der Waals surface area (Å²) in [4.78, 5) is 15.3. The van der Waals surface area contributed by atoms with E-state index < -0.39 is 10.0 Å². The van der Waals surface area contributed by atoms with Crippen molar-refractivity contribution in [2.75, 3.05) is 7.05 Å². The van der Waals surface area contributed by atoms with E-state index in [-0.39, 0.29) is 17.2 Å². The minimum atomic E-state index is -3.58. The summed E-state index contributed by atoms with van der Waals surface area (Å²) >= 11 is 0. The molecular weight excluding hydrogens is 288 g/mol. The summed E-state index contributed by atoms with van der Waals surface area (Å²) in [5.74, 6) is -0.0934. The van der Waals surface area contributed by atoms with Crippen LogP contribution in [-0.2, 0) is 16.6 Å². The van der Waals surface area contributed by atoms with Gasteiger partial charge in [0.2, 0.25) is 10.0 Å². The Morgan fingerprint density at radius 2 is 1.67 bits per heavy atom. The van der Waals surface area contributed by atoms with Crippen LogP contribution in [0.1, 0.15) is 22.8 Å². The van der Waals surface area contributed by atoms with Crippen molar-refractivity contribution < 1.29 is 13.2 Å². The molecule has 2 aromatic rings. The van der Waals surface area contributed by atoms with Crippen LogP contribution in [0.2, 0.25) is 0 Å². The third kappa shape index (κ3) is 3.53. The standard InChI is InChI=1S/C15H16N2O3S/c1-12(18)14-3-5-15(6-4-14)21(19,20)17(2)11-13-7-9-16-10-8-13/h3-10H,11H2,1-2H3. The summed E-state index contributed by atoms with van der Waals surface area (Å²) in [6.45, 7) is 1.71. The van der Waals surface area contributed by atoms with Gasteiger partial charge in [-0.1, -0.05) is 12.1 Å². The van der Waals surface area contributed by atoms with Crippen molar-refractivity contribution >= 4 is 15.8 Å². The van der Waals surface area contributed by atoms with Gasteiger partial charge in [0, 0.05) is 31.5 Å². The molecule has 0 N–H and O–H groups in total. The van der Waals surface area contributed by atoms with E-state index >= 15 is 0 Å². The lowest BCUT2D eigenvalue weighted by Crippen LogP contribution is -2.26. The van der Waals surface area contributed by atoms with Crippen molar-refractivity contribution in [2.24, 2.45) is 0 Å². The smallest absolute Gasteiger partial charge is 0.243 e. The molecule has 2 rings (SSSR count). The summed E-state index contributed by atoms with van der Waals surface area (Å²) < 4.78 is 26.2. The third-order valence-electron chi connectivity index (χ3n) is 3.12. The Kier molecular flexibility index (Phi) is 4.50. The summed E-state index contributed by atoms with van der Waals surface area (Å²) in [5.41, 5.74) is 1.35. The third-order valence-corrected chi connectivity index (χ3v) is 4.94. The topological polar surface area (TPSA) is 67.3 Å². The molecule has 1 aromatic carbocycles. The van der Waals surface area contributed by atoms with Crippen molar-refractivity contribution in [1.82, 2.24) is 9.29 Å². The van der Waals surface area contributed by atoms with Gasteiger partial charge in [0.25, 0.3) is 0 Å². The number of sulfonamides is 1. The first-order valence-corrected chi connectivity index (χ1v) is 7.81. The van der Waals surface area contributed by atoms with Gasteiger partial charge >= 0.3 is 0 Å². The molecule has 0 atom stereocenters. The van der Waals surface area contributed by atoms with Crippen LogP contribution in [0.15, 0.2) is 53.7 Å². The average molecular weight is 304 g/mol. The molecule has 0 saturated carbocycles. The Morgan fingerprint density at radius 1 is 1.10 bits per heavy atom. The minimum Gasteiger partial charge on any atom is -0.295 e. The maximum absolute atomic E-state index is 12.4. The quantitative estimate of drug-likeness (QED) is 0.793. The van der Waals surface area contributed by atoms with E-state index in [9.17, 15) is 13.2 Å². The first-order valence-electron chi connectivity index (χ1n) is 6.37. The van der Waals surface area contributed by atoms with Gasteiger partial charge < -0.3 is 0 Å². The van der Waals surface area contributed by atoms with Gasteiger partial charge in [-0.05, 0) is 36.8 Å². The van der Waals surface area contributed by atoms with Crippen LogP contribution in [0.25, 0.3) is 0 Å². The maximum atomic E-state index is 12.4. The van der Waals surface area contributed by atoms with E-state index in [1.54, 1.807) is 24.5 Å². The molecule has 0 saturated heterocycles. The van der Waals surface area contributed by atoms with Crippen LogP contribution in [0.5, 0.6) is 0 Å². The maximum Gasteiger partial charge on any atom is 0.243 e. The van der Waals surface area contributed by atoms with Crippen LogP contribution >= 0.6 is 0 Å². The Bertz CT molecular complexity index is 725. The van der Waals surface area contributed by atoms with Gasteiger partial charge in [0.15, 0.2) is 5.78 Å². The number of ketones is 1. The number of aromatic nitrogens is 1. The van der Waals surface area contributed by atoms with Gasteiger partial charge in [0.05, 0.1) is 4.90 Å². The highest BCUT2D eigenvalue weighted by molar-refractivity contribution is 7.89. The molecule has 0 unspecified atom stereocenters. The van der Waals surface area contributed by atoms with E-state index in [0.29, 0.717) is 5.56 Å². The normalized spacial score (nSPS) is 11.6. The van der Waals surface area contributed by atoms with Crippen LogP contribution in [0, 0.1) is 0 Å². The molecule has 0 radical (unpaired) electrons. The minimum absolute atomic E-state index is 0.0934. The van der Waals surface area contributed by atoms with E-state index in [4.69, 9.17) is 0 Å². The molecule has 0 amide bonds. The molecule has 6 heteroatoms. The fraction of sp³-hybridized carbons (Fsp3) is 0.200. The van der Waals surface area contributed by atoms with Crippen molar-refractivity contribution in [3.63, 3.8) is 0 Å². The highest BCUT2D eigenvalue weighted by Crippen LogP contribution is 2.17. The molecule has 21 heavy (non-hydrogen) atoms. The second-order valence-corrected chi connectivity index (χ2v) is 6.74. The Balaban J connectivity index is 2.22. The van der Waals surface area contributed by atoms with E-state index in [1.165, 1.54) is 42.5 Å². The predicted octanol–water partition coefficient (Wildman–Crippen LogP) is 2.10. The number of pyridine rings is 1. The van der Waals surface area contributed by atoms with Gasteiger partial charge in [-0.25, -0.2) is 8.42 Å². The van der Waals surface area contributed by atoms with E-state index in [1.807, 2.05) is 0 Å². The SMILES string of the molecule is CC(=O)c1ccc(S(=O)(=O)N(C)Cc2ccncc2)cc1. The summed E-state index contributed by atoms with van der Waals surface area (Å²) in [6.07, 6.45) is 3.24. The van der Waals surface area contributed by atoms with Crippen LogP contribution < -0.4 is 0 Å². The molecule has 0 spiro atoms. The fourth-order valence-electron chi connectivity index (χ4n) is 1.87. The second-order valence-electron chi connectivity index (χ2n) is 4.70. The van der Waals surface area contributed by atoms with E-state index in [0.717, 1.165) is 5.56 Å². The number of nitrogens with zero attached hydrogens (tertiary/aromatic N) is 2. The Labute approximate surface area is 124 Å². The zero-order chi connectivity index (χ0) is 15.5. The average Bonchev–Trinajstić information content (AvgIpc) is 2.48. The van der Waals surface area contributed by atoms with Gasteiger partial charge in [0.1, 0.15) is 0 Å². The number of carbonyl (C=O) groups excluding carboxylic acids is 1. The molecule has 1 aromatic heterocycles. The molecule has 0 aliphatic heterocycles. The zero-order valence-electron chi connectivity index (χ0n) is 11.9. The fourth-order valence-corrected chi connectivity index (χ4v) is 3.03. The van der Waals surface area contributed by atoms with Gasteiger partial charge in [-0.3, -0.25) is 9.78 Å². The number of hydrogen-bond donors (Lipinski definition) is 0. The number of benzene rings is 1. The van der Waals surface area contributed by atoms with Gasteiger partial charge in [-0.15, -0.1) is 0 Å². The second kappa shape index (κ2) is 6.15. The molecule has 0 aliphatic rings. The van der Waals surface area contributed by atoms with Crippen LogP contribution in [0.4, 0.5) is 0 Å². The molecule has 5 nitrogen and oxygen atoms in total. The van der Waals surface area contributed by atoms with Crippen LogP contribution in [-0.4, -0.2) is 30.5 Å². The zero-order valence-corrected chi connectivity index (χ0v) is 12.7. The van der Waals surface area contributed by atoms with Crippen molar-refractivity contribution in [2.45, 2.75) is 18.4 Å². The predicted molar refractivity (Wildman–Crippen MR) is 79.3 cm³/mol. The number of Topliss-reactive ketones (excluding diaryl/α,β-unsaturated/α-hetero) is 1. The molecular formula is C15H16N2O3S. The lowest BCUT2D eigenvalue weighted by atomic mass is 10.2. The molecule has 0 fully saturated rings. The number of hydrogen-bond acceptors (Lipinski definition) is 4. The number of carbonyl (C=O) groups is 1. The Hall–Kier alpha value is -2.05. The molecule has 0 bridgehead atoms. The van der Waals surface area contributed by atoms with Crippen molar-refractivity contribution in [3.8, 4) is 0 Å². The Morgan fingerprint density at radius 3 is 2.19 bits per heavy atom. The highest BCUT2D eigenvalue weighted by atomic mass is 32.2. The molecule has 0 aliphatic carbocycles. The summed E-state index contributed by atoms with van der Waals surface area (Å²) in [6, 6.07) is 9.49. The number of rotatable bonds is 5. The van der Waals surface area contributed by atoms with Gasteiger partial charge in [-0.2, -0.15) is 4.31 Å². The van der Waals surface area contributed by atoms with Crippen molar-refractivity contribution in [3.05, 3.63) is 59.9 Å². The monoisotopic (exact) mass is 304 g/mol. The van der Waals surface area contributed by atoms with E-state index in [2.05, 4.69) is 4.98 Å². The summed E-state index contributed by atoms with van der Waals surface area (Å²) in [7, 11) is -2.06. The van der Waals surface area contributed by atoms with Crippen LogP contribution in [0.3, 0.4) is 0 Å². The molecule has 1 heterocycles. The lowest BCUT2D eigenvalue weighted by molar-refractivity contribution is 0.101. The molecule has 110 valence electrons. The van der Waals surface area contributed by atoms with Crippen molar-refractivity contribution in [1.29, 1.82) is 0 Å².